The number of nitrogens with one attached hydrogen (secondary N) is 3. The summed E-state index contributed by atoms with van der Waals surface area (Å²) in [5.74, 6) is -5.44. The van der Waals surface area contributed by atoms with Crippen LogP contribution >= 0.6 is 0 Å². The number of carbonyl (C=O) groups excluding carboxylic acids is 3. The van der Waals surface area contributed by atoms with Crippen molar-refractivity contribution in [1.82, 2.24) is 16.0 Å². The molecule has 0 rings (SSSR count). The number of carbonyl (C=O) groups is 5. The lowest BCUT2D eigenvalue weighted by atomic mass is 10.1. The van der Waals surface area contributed by atoms with E-state index in [9.17, 15) is 24.0 Å². The molecule has 10 N–H and O–H groups in total. The molecule has 0 saturated carbocycles. The Bertz CT molecular complexity index is 571. The highest BCUT2D eigenvalue weighted by Crippen LogP contribution is 2.04. The number of hydrogen-bond acceptors (Lipinski definition) is 8. The summed E-state index contributed by atoms with van der Waals surface area (Å²) in [7, 11) is 0. The van der Waals surface area contributed by atoms with Crippen LogP contribution in [-0.2, 0) is 24.0 Å². The number of rotatable bonds is 14. The zero-order valence-electron chi connectivity index (χ0n) is 15.2. The van der Waals surface area contributed by atoms with Crippen LogP contribution < -0.4 is 27.4 Å². The molecule has 0 spiro atoms. The van der Waals surface area contributed by atoms with Crippen molar-refractivity contribution in [2.24, 2.45) is 11.5 Å². The van der Waals surface area contributed by atoms with Gasteiger partial charge in [0.15, 0.2) is 0 Å². The molecule has 3 amide bonds. The minimum Gasteiger partial charge on any atom is -0.481 e. The average molecular weight is 405 g/mol. The summed E-state index contributed by atoms with van der Waals surface area (Å²) in [5, 5.41) is 33.3. The number of amides is 3. The van der Waals surface area contributed by atoms with Crippen LogP contribution in [0.4, 0.5) is 0 Å². The molecule has 0 aliphatic heterocycles. The Morgan fingerprint density at radius 2 is 1.39 bits per heavy atom. The Kier molecular flexibility index (Phi) is 12.1. The number of carboxylic acid groups (broad SMARTS) is 2. The van der Waals surface area contributed by atoms with Crippen molar-refractivity contribution in [2.45, 2.75) is 43.8 Å². The molecule has 160 valence electrons. The summed E-state index contributed by atoms with van der Waals surface area (Å²) >= 11 is 0. The number of unbranched alkanes of at least 4 members (excludes halogenated alkanes) is 1. The summed E-state index contributed by atoms with van der Waals surface area (Å²) in [6.07, 6.45) is 0.259. The normalized spacial score (nSPS) is 13.7. The lowest BCUT2D eigenvalue weighted by Gasteiger charge is -2.23. The maximum absolute atomic E-state index is 12.4. The van der Waals surface area contributed by atoms with Crippen LogP contribution in [-0.4, -0.2) is 82.8 Å². The number of aliphatic hydroxyl groups excluding tert-OH is 1. The number of hydrogen-bond donors (Lipinski definition) is 8. The molecule has 0 saturated heterocycles. The van der Waals surface area contributed by atoms with Gasteiger partial charge in [-0.1, -0.05) is 0 Å². The minimum absolute atomic E-state index is 0.0805. The van der Waals surface area contributed by atoms with Gasteiger partial charge in [0, 0.05) is 0 Å². The maximum Gasteiger partial charge on any atom is 0.328 e. The summed E-state index contributed by atoms with van der Waals surface area (Å²) in [6.45, 7) is -1.01. The Balaban J connectivity index is 5.26. The minimum atomic E-state index is -1.58. The van der Waals surface area contributed by atoms with Crippen molar-refractivity contribution in [3.63, 3.8) is 0 Å². The van der Waals surface area contributed by atoms with Gasteiger partial charge in [0.05, 0.1) is 19.6 Å². The molecule has 0 bridgehead atoms. The predicted octanol–water partition coefficient (Wildman–Crippen LogP) is -3.92. The summed E-state index contributed by atoms with van der Waals surface area (Å²) in [6, 6.07) is -4.28. The van der Waals surface area contributed by atoms with Crippen molar-refractivity contribution in [3.8, 4) is 0 Å². The lowest BCUT2D eigenvalue weighted by Crippen LogP contribution is -2.57. The first-order valence-corrected chi connectivity index (χ1v) is 8.51. The molecule has 13 heteroatoms. The second-order valence-electron chi connectivity index (χ2n) is 5.85. The van der Waals surface area contributed by atoms with E-state index < -0.39 is 67.4 Å². The van der Waals surface area contributed by atoms with Gasteiger partial charge in [-0.15, -0.1) is 0 Å². The van der Waals surface area contributed by atoms with Crippen LogP contribution in [0.3, 0.4) is 0 Å². The fourth-order valence-corrected chi connectivity index (χ4v) is 2.13. The molecule has 0 radical (unpaired) electrons. The van der Waals surface area contributed by atoms with Crippen LogP contribution in [0.5, 0.6) is 0 Å². The third kappa shape index (κ3) is 9.80. The van der Waals surface area contributed by atoms with Crippen LogP contribution in [0.15, 0.2) is 0 Å². The molecular weight excluding hydrogens is 378 g/mol. The highest BCUT2D eigenvalue weighted by molar-refractivity contribution is 5.95. The van der Waals surface area contributed by atoms with Crippen LogP contribution in [0.2, 0.25) is 0 Å². The Morgan fingerprint density at radius 1 is 0.821 bits per heavy atom. The Hall–Kier alpha value is -2.77. The quantitative estimate of drug-likeness (QED) is 0.131. The van der Waals surface area contributed by atoms with Gasteiger partial charge in [-0.2, -0.15) is 0 Å². The summed E-state index contributed by atoms with van der Waals surface area (Å²) in [4.78, 5) is 58.0. The number of aliphatic carboxylic acids is 2. The first-order valence-electron chi connectivity index (χ1n) is 8.51. The Morgan fingerprint density at radius 3 is 1.86 bits per heavy atom. The van der Waals surface area contributed by atoms with E-state index in [4.69, 9.17) is 26.8 Å². The molecule has 0 fully saturated rings. The number of carboxylic acids is 2. The van der Waals surface area contributed by atoms with Crippen LogP contribution in [0.25, 0.3) is 0 Å². The molecule has 13 nitrogen and oxygen atoms in total. The van der Waals surface area contributed by atoms with Crippen LogP contribution in [0, 0.1) is 0 Å². The van der Waals surface area contributed by atoms with Crippen LogP contribution in [0.1, 0.15) is 25.7 Å². The second-order valence-corrected chi connectivity index (χ2v) is 5.85. The fourth-order valence-electron chi connectivity index (χ4n) is 2.13. The number of nitrogens with two attached hydrogens (primary N) is 2. The van der Waals surface area contributed by atoms with Gasteiger partial charge in [0.1, 0.15) is 18.1 Å². The van der Waals surface area contributed by atoms with Crippen molar-refractivity contribution in [3.05, 3.63) is 0 Å². The molecular formula is C15H27N5O8. The zero-order chi connectivity index (χ0) is 21.7. The van der Waals surface area contributed by atoms with E-state index in [1.807, 2.05) is 0 Å². The SMILES string of the molecule is NCCCCC(NC(=O)C(CC(=O)O)NC(=O)CN)C(=O)NC(CO)C(=O)O. The molecule has 0 aromatic carbocycles. The topological polar surface area (TPSA) is 234 Å². The van der Waals surface area contributed by atoms with Gasteiger partial charge < -0.3 is 42.7 Å². The highest BCUT2D eigenvalue weighted by Gasteiger charge is 2.30. The number of aliphatic hydroxyl groups is 1. The van der Waals surface area contributed by atoms with E-state index in [-0.39, 0.29) is 6.42 Å². The van der Waals surface area contributed by atoms with E-state index in [0.717, 1.165) is 0 Å². The smallest absolute Gasteiger partial charge is 0.328 e. The standard InChI is InChI=1S/C15H27N5O8/c16-4-2-1-3-8(13(25)20-10(7-21)15(27)28)19-14(26)9(5-12(23)24)18-11(22)6-17/h8-10,21H,1-7,16-17H2,(H,18,22)(H,19,26)(H,20,25)(H,23,24)(H,27,28). The van der Waals surface area contributed by atoms with Crippen molar-refractivity contribution >= 4 is 29.7 Å². The molecule has 0 aromatic heterocycles. The molecule has 3 atom stereocenters. The monoisotopic (exact) mass is 405 g/mol. The zero-order valence-corrected chi connectivity index (χ0v) is 15.2. The highest BCUT2D eigenvalue weighted by atomic mass is 16.4. The van der Waals surface area contributed by atoms with Crippen molar-refractivity contribution in [1.29, 1.82) is 0 Å². The summed E-state index contributed by atoms with van der Waals surface area (Å²) in [5.41, 5.74) is 10.5. The van der Waals surface area contributed by atoms with Gasteiger partial charge in [0.2, 0.25) is 17.7 Å². The molecule has 0 aromatic rings. The van der Waals surface area contributed by atoms with Gasteiger partial charge in [-0.3, -0.25) is 19.2 Å². The third-order valence-corrected chi connectivity index (χ3v) is 3.59. The molecule has 0 heterocycles. The maximum atomic E-state index is 12.4. The predicted molar refractivity (Wildman–Crippen MR) is 94.7 cm³/mol. The molecule has 3 unspecified atom stereocenters. The van der Waals surface area contributed by atoms with Gasteiger partial charge in [-0.05, 0) is 25.8 Å². The van der Waals surface area contributed by atoms with Crippen molar-refractivity contribution < 1.29 is 39.3 Å². The Labute approximate surface area is 160 Å². The third-order valence-electron chi connectivity index (χ3n) is 3.59. The van der Waals surface area contributed by atoms with E-state index >= 15 is 0 Å². The molecule has 0 aliphatic carbocycles. The molecule has 28 heavy (non-hydrogen) atoms. The van der Waals surface area contributed by atoms with Gasteiger partial charge in [0.25, 0.3) is 0 Å². The molecule has 0 aliphatic rings. The van der Waals surface area contributed by atoms with E-state index in [2.05, 4.69) is 16.0 Å². The fraction of sp³-hybridized carbons (Fsp3) is 0.667. The summed E-state index contributed by atoms with van der Waals surface area (Å²) < 4.78 is 0. The lowest BCUT2D eigenvalue weighted by molar-refractivity contribution is -0.144. The van der Waals surface area contributed by atoms with Crippen molar-refractivity contribution in [2.75, 3.05) is 19.7 Å². The van der Waals surface area contributed by atoms with E-state index in [0.29, 0.717) is 19.4 Å². The van der Waals surface area contributed by atoms with Gasteiger partial charge in [-0.25, -0.2) is 4.79 Å². The van der Waals surface area contributed by atoms with E-state index in [1.54, 1.807) is 0 Å². The van der Waals surface area contributed by atoms with E-state index in [1.165, 1.54) is 0 Å². The largest absolute Gasteiger partial charge is 0.481 e. The first kappa shape index (κ1) is 25.2. The second kappa shape index (κ2) is 13.4. The van der Waals surface area contributed by atoms with Gasteiger partial charge >= 0.3 is 11.9 Å². The average Bonchev–Trinajstić information content (AvgIpc) is 2.63. The first-order chi connectivity index (χ1) is 13.2.